The summed E-state index contributed by atoms with van der Waals surface area (Å²) in [7, 11) is 5.42. The Bertz CT molecular complexity index is 789. The van der Waals surface area contributed by atoms with Gasteiger partial charge in [0.1, 0.15) is 0 Å². The van der Waals surface area contributed by atoms with E-state index in [1.807, 2.05) is 0 Å². The molecule has 1 unspecified atom stereocenters. The minimum absolute atomic E-state index is 0.0161. The number of methoxy groups -OCH3 is 2. The first-order valence-electron chi connectivity index (χ1n) is 11.6. The summed E-state index contributed by atoms with van der Waals surface area (Å²) in [5.41, 5.74) is 2.13. The normalized spacial score (nSPS) is 45.6. The minimum atomic E-state index is -0.503. The first-order valence-corrected chi connectivity index (χ1v) is 11.6. The molecule has 0 radical (unpaired) electrons. The molecule has 3 aliphatic carbocycles. The zero-order valence-corrected chi connectivity index (χ0v) is 18.8. The van der Waals surface area contributed by atoms with E-state index in [-0.39, 0.29) is 34.4 Å². The molecule has 6 atom stereocenters. The number of nitrogens with zero attached hydrogens (tertiary/aromatic N) is 1. The number of hydrogen-bond donors (Lipinski definition) is 0. The molecule has 2 aliphatic heterocycles. The molecule has 3 fully saturated rings. The summed E-state index contributed by atoms with van der Waals surface area (Å²) in [6, 6.07) is 0. The average Bonchev–Trinajstić information content (AvgIpc) is 3.23. The second-order valence-corrected chi connectivity index (χ2v) is 10.4. The van der Waals surface area contributed by atoms with Gasteiger partial charge >= 0.3 is 5.97 Å². The molecule has 2 spiro atoms. The minimum Gasteiger partial charge on any atom is -0.469 e. The highest BCUT2D eigenvalue weighted by molar-refractivity contribution is 6.01. The summed E-state index contributed by atoms with van der Waals surface area (Å²) in [6.45, 7) is 4.70. The van der Waals surface area contributed by atoms with Crippen LogP contribution in [-0.4, -0.2) is 63.4 Å². The number of carbonyl (C=O) groups is 2. The Balaban J connectivity index is 1.65. The third-order valence-electron chi connectivity index (χ3n) is 9.52. The van der Waals surface area contributed by atoms with Gasteiger partial charge in [0.15, 0.2) is 11.6 Å². The van der Waals surface area contributed by atoms with Crippen LogP contribution in [0, 0.1) is 28.6 Å². The van der Waals surface area contributed by atoms with Gasteiger partial charge in [-0.25, -0.2) is 0 Å². The van der Waals surface area contributed by atoms with Crippen molar-refractivity contribution in [1.29, 1.82) is 0 Å². The van der Waals surface area contributed by atoms with Gasteiger partial charge in [-0.05, 0) is 50.6 Å². The SMILES string of the molecule is CC[C@]1(OC)CCC2(CO1)[C@@H]1CCC3=C4[C@@H](CC3=O)[C@H](C(=O)OC)C[C@@]42CN(C)C1. The topological polar surface area (TPSA) is 65.1 Å². The van der Waals surface area contributed by atoms with Crippen LogP contribution in [-0.2, 0) is 23.8 Å². The molecule has 166 valence electrons. The van der Waals surface area contributed by atoms with Crippen molar-refractivity contribution in [2.45, 2.75) is 57.7 Å². The number of hydrogen-bond acceptors (Lipinski definition) is 6. The number of allylic oxidation sites excluding steroid dienone is 1. The van der Waals surface area contributed by atoms with Crippen molar-refractivity contribution in [3.63, 3.8) is 0 Å². The van der Waals surface area contributed by atoms with Crippen LogP contribution < -0.4 is 0 Å². The van der Waals surface area contributed by atoms with Crippen molar-refractivity contribution in [3.8, 4) is 0 Å². The van der Waals surface area contributed by atoms with Gasteiger partial charge in [-0.3, -0.25) is 9.59 Å². The molecule has 5 aliphatic rings. The van der Waals surface area contributed by atoms with E-state index in [2.05, 4.69) is 18.9 Å². The van der Waals surface area contributed by atoms with E-state index < -0.39 is 5.79 Å². The van der Waals surface area contributed by atoms with Crippen LogP contribution in [0.1, 0.15) is 51.9 Å². The monoisotopic (exact) mass is 417 g/mol. The average molecular weight is 418 g/mol. The Hall–Kier alpha value is -1.24. The van der Waals surface area contributed by atoms with E-state index in [0.29, 0.717) is 18.9 Å². The quantitative estimate of drug-likeness (QED) is 0.658. The van der Waals surface area contributed by atoms with Crippen LogP contribution in [0.4, 0.5) is 0 Å². The Kier molecular flexibility index (Phi) is 4.73. The van der Waals surface area contributed by atoms with E-state index in [9.17, 15) is 9.59 Å². The van der Waals surface area contributed by atoms with Gasteiger partial charge in [-0.2, -0.15) is 0 Å². The van der Waals surface area contributed by atoms with Gasteiger partial charge < -0.3 is 19.1 Å². The molecule has 2 saturated heterocycles. The standard InChI is InChI=1S/C24H35NO5/c1-5-24(29-4)9-8-22(14-30-24)15-6-7-16-19(26)10-17-18(21(27)28-3)11-23(22,20(16)17)13-25(2)12-15/h15,17-18H,5-14H2,1-4H3/t15-,17+,18-,22?,23-,24-/m1/s1. The number of ether oxygens (including phenoxy) is 3. The van der Waals surface area contributed by atoms with E-state index >= 15 is 0 Å². The number of Topliss-reactive ketones (excluding diaryl/α,β-unsaturated/α-hetero) is 1. The number of piperidine rings is 1. The molecule has 0 aromatic heterocycles. The molecule has 2 bridgehead atoms. The summed E-state index contributed by atoms with van der Waals surface area (Å²) in [5.74, 6) is -0.128. The molecule has 30 heavy (non-hydrogen) atoms. The van der Waals surface area contributed by atoms with Gasteiger partial charge in [0.2, 0.25) is 0 Å². The summed E-state index contributed by atoms with van der Waals surface area (Å²) in [4.78, 5) is 28.3. The molecule has 0 N–H and O–H groups in total. The third-order valence-corrected chi connectivity index (χ3v) is 9.52. The number of carbonyl (C=O) groups excluding carboxylic acids is 2. The first-order chi connectivity index (χ1) is 14.4. The highest BCUT2D eigenvalue weighted by Crippen LogP contribution is 2.71. The van der Waals surface area contributed by atoms with Crippen LogP contribution in [0.3, 0.4) is 0 Å². The molecule has 6 nitrogen and oxygen atoms in total. The van der Waals surface area contributed by atoms with E-state index in [1.165, 1.54) is 12.7 Å². The fourth-order valence-electron chi connectivity index (χ4n) is 8.12. The lowest BCUT2D eigenvalue weighted by Gasteiger charge is -2.62. The molecule has 0 aromatic carbocycles. The summed E-state index contributed by atoms with van der Waals surface area (Å²) in [6.07, 6.45) is 5.87. The zero-order chi connectivity index (χ0) is 21.3. The van der Waals surface area contributed by atoms with E-state index in [1.54, 1.807) is 7.11 Å². The van der Waals surface area contributed by atoms with Crippen molar-refractivity contribution in [1.82, 2.24) is 4.90 Å². The van der Waals surface area contributed by atoms with Crippen LogP contribution in [0.15, 0.2) is 11.1 Å². The highest BCUT2D eigenvalue weighted by Gasteiger charge is 2.70. The fraction of sp³-hybridized carbons (Fsp3) is 0.833. The number of likely N-dealkylation sites (tertiary alicyclic amines) is 1. The van der Waals surface area contributed by atoms with Crippen molar-refractivity contribution in [2.75, 3.05) is 41.0 Å². The predicted octanol–water partition coefficient (Wildman–Crippen LogP) is 2.96. The van der Waals surface area contributed by atoms with Gasteiger partial charge in [-0.15, -0.1) is 0 Å². The maximum atomic E-state index is 13.1. The van der Waals surface area contributed by atoms with Crippen molar-refractivity contribution in [2.24, 2.45) is 28.6 Å². The molecule has 2 heterocycles. The second kappa shape index (κ2) is 6.88. The molecule has 0 amide bonds. The molecular weight excluding hydrogens is 382 g/mol. The Morgan fingerprint density at radius 2 is 2.10 bits per heavy atom. The van der Waals surface area contributed by atoms with Gasteiger partial charge in [0.25, 0.3) is 0 Å². The molecule has 6 heteroatoms. The largest absolute Gasteiger partial charge is 0.469 e. The summed E-state index contributed by atoms with van der Waals surface area (Å²) < 4.78 is 17.6. The number of ketones is 1. The summed E-state index contributed by atoms with van der Waals surface area (Å²) >= 11 is 0. The maximum Gasteiger partial charge on any atom is 0.309 e. The van der Waals surface area contributed by atoms with Gasteiger partial charge in [0.05, 0.1) is 19.6 Å². The van der Waals surface area contributed by atoms with Crippen LogP contribution >= 0.6 is 0 Å². The molecule has 1 saturated carbocycles. The molecular formula is C24H35NO5. The predicted molar refractivity (Wildman–Crippen MR) is 111 cm³/mol. The van der Waals surface area contributed by atoms with Gasteiger partial charge in [0, 0.05) is 49.8 Å². The summed E-state index contributed by atoms with van der Waals surface area (Å²) in [5, 5.41) is 0. The lowest BCUT2D eigenvalue weighted by molar-refractivity contribution is -0.294. The molecule has 5 rings (SSSR count). The fourth-order valence-corrected chi connectivity index (χ4v) is 8.12. The smallest absolute Gasteiger partial charge is 0.309 e. The first kappa shape index (κ1) is 20.7. The number of esters is 1. The van der Waals surface area contributed by atoms with E-state index in [0.717, 1.165) is 57.2 Å². The molecule has 0 aromatic rings. The lowest BCUT2D eigenvalue weighted by atomic mass is 9.50. The lowest BCUT2D eigenvalue weighted by Crippen LogP contribution is -2.64. The number of rotatable bonds is 3. The third kappa shape index (κ3) is 2.47. The van der Waals surface area contributed by atoms with Crippen LogP contribution in [0.2, 0.25) is 0 Å². The Morgan fingerprint density at radius 1 is 1.30 bits per heavy atom. The van der Waals surface area contributed by atoms with Crippen molar-refractivity contribution < 1.29 is 23.8 Å². The Labute approximate surface area is 179 Å². The second-order valence-electron chi connectivity index (χ2n) is 10.4. The van der Waals surface area contributed by atoms with Crippen molar-refractivity contribution >= 4 is 11.8 Å². The van der Waals surface area contributed by atoms with Crippen LogP contribution in [0.5, 0.6) is 0 Å². The zero-order valence-electron chi connectivity index (χ0n) is 18.8. The maximum absolute atomic E-state index is 13.1. The van der Waals surface area contributed by atoms with E-state index in [4.69, 9.17) is 14.2 Å². The van der Waals surface area contributed by atoms with Crippen LogP contribution in [0.25, 0.3) is 0 Å². The van der Waals surface area contributed by atoms with Gasteiger partial charge in [-0.1, -0.05) is 12.5 Å². The van der Waals surface area contributed by atoms with Crippen molar-refractivity contribution in [3.05, 3.63) is 11.1 Å². The Morgan fingerprint density at radius 3 is 2.73 bits per heavy atom. The highest BCUT2D eigenvalue weighted by atomic mass is 16.7.